The Labute approximate surface area is 68.2 Å². The molecule has 0 fully saturated rings. The van der Waals surface area contributed by atoms with Crippen molar-refractivity contribution in [3.05, 3.63) is 12.3 Å². The molecule has 0 unspecified atom stereocenters. The number of pyridine rings is 1. The van der Waals surface area contributed by atoms with E-state index < -0.39 is 0 Å². The monoisotopic (exact) mass is 166 g/mol. The molecule has 0 amide bonds. The van der Waals surface area contributed by atoms with Gasteiger partial charge in [-0.2, -0.15) is 5.26 Å². The summed E-state index contributed by atoms with van der Waals surface area (Å²) in [5.41, 5.74) is 11.3. The molecule has 1 heterocycles. The van der Waals surface area contributed by atoms with Gasteiger partial charge in [0.15, 0.2) is 0 Å². The van der Waals surface area contributed by atoms with Crippen LogP contribution < -0.4 is 11.5 Å². The molecule has 0 radical (unpaired) electrons. The van der Waals surface area contributed by atoms with Crippen molar-refractivity contribution in [3.8, 4) is 5.40 Å². The zero-order valence-electron chi connectivity index (χ0n) is 5.61. The van der Waals surface area contributed by atoms with Crippen LogP contribution in [0, 0.1) is 10.7 Å². The SMILES string of the molecule is N#CSc1ccnc(N)c1N. The largest absolute Gasteiger partial charge is 0.395 e. The smallest absolute Gasteiger partial charge is 0.147 e. The Bertz CT molecular complexity index is 304. The lowest BCUT2D eigenvalue weighted by atomic mass is 10.4. The van der Waals surface area contributed by atoms with Gasteiger partial charge in [-0.3, -0.25) is 0 Å². The molecule has 1 rings (SSSR count). The first-order valence-electron chi connectivity index (χ1n) is 2.81. The topological polar surface area (TPSA) is 88.7 Å². The molecule has 4 nitrogen and oxygen atoms in total. The van der Waals surface area contributed by atoms with Gasteiger partial charge in [-0.05, 0) is 17.8 Å². The summed E-state index contributed by atoms with van der Waals surface area (Å²) < 4.78 is 0. The van der Waals surface area contributed by atoms with E-state index in [0.717, 1.165) is 11.8 Å². The summed E-state index contributed by atoms with van der Waals surface area (Å²) in [6.45, 7) is 0. The zero-order valence-corrected chi connectivity index (χ0v) is 6.43. The Morgan fingerprint density at radius 2 is 2.27 bits per heavy atom. The minimum absolute atomic E-state index is 0.269. The number of anilines is 2. The molecule has 11 heavy (non-hydrogen) atoms. The van der Waals surface area contributed by atoms with Gasteiger partial charge in [-0.25, -0.2) is 4.98 Å². The molecule has 56 valence electrons. The van der Waals surface area contributed by atoms with Crippen molar-refractivity contribution >= 4 is 23.3 Å². The minimum atomic E-state index is 0.269. The number of nitriles is 1. The highest BCUT2D eigenvalue weighted by Gasteiger charge is 2.02. The normalized spacial score (nSPS) is 9.00. The third kappa shape index (κ3) is 1.53. The van der Waals surface area contributed by atoms with Crippen molar-refractivity contribution in [1.29, 1.82) is 5.26 Å². The number of nitrogen functional groups attached to an aromatic ring is 2. The second-order valence-electron chi connectivity index (χ2n) is 1.80. The van der Waals surface area contributed by atoms with E-state index in [1.807, 2.05) is 5.40 Å². The van der Waals surface area contributed by atoms with Gasteiger partial charge in [-0.1, -0.05) is 0 Å². The number of hydrogen-bond acceptors (Lipinski definition) is 5. The van der Waals surface area contributed by atoms with Gasteiger partial charge in [0.25, 0.3) is 0 Å². The standard InChI is InChI=1S/C6H6N4S/c7-3-11-4-1-2-10-6(9)5(4)8/h1-2H,8H2,(H2,9,10). The number of nitrogens with zero attached hydrogens (tertiary/aromatic N) is 2. The van der Waals surface area contributed by atoms with Crippen LogP contribution in [0.3, 0.4) is 0 Å². The first kappa shape index (κ1) is 7.69. The molecule has 0 aliphatic rings. The predicted octanol–water partition coefficient (Wildman–Crippen LogP) is 0.819. The van der Waals surface area contributed by atoms with E-state index >= 15 is 0 Å². The summed E-state index contributed by atoms with van der Waals surface area (Å²) in [5.74, 6) is 0.269. The van der Waals surface area contributed by atoms with Gasteiger partial charge in [0, 0.05) is 6.20 Å². The van der Waals surface area contributed by atoms with Crippen molar-refractivity contribution in [2.45, 2.75) is 4.90 Å². The second-order valence-corrected chi connectivity index (χ2v) is 2.63. The number of hydrogen-bond donors (Lipinski definition) is 2. The second kappa shape index (κ2) is 3.12. The average Bonchev–Trinajstić information content (AvgIpc) is 1.99. The Morgan fingerprint density at radius 3 is 2.91 bits per heavy atom. The molecule has 0 saturated heterocycles. The summed E-state index contributed by atoms with van der Waals surface area (Å²) >= 11 is 0.977. The first-order valence-corrected chi connectivity index (χ1v) is 3.63. The molecule has 0 aliphatic heterocycles. The minimum Gasteiger partial charge on any atom is -0.395 e. The van der Waals surface area contributed by atoms with E-state index in [4.69, 9.17) is 16.7 Å². The van der Waals surface area contributed by atoms with Gasteiger partial charge in [-0.15, -0.1) is 0 Å². The van der Waals surface area contributed by atoms with E-state index in [-0.39, 0.29) is 5.82 Å². The highest BCUT2D eigenvalue weighted by atomic mass is 32.2. The molecule has 1 aromatic rings. The van der Waals surface area contributed by atoms with Crippen LogP contribution in [0.15, 0.2) is 17.2 Å². The van der Waals surface area contributed by atoms with Gasteiger partial charge >= 0.3 is 0 Å². The van der Waals surface area contributed by atoms with Gasteiger partial charge in [0.1, 0.15) is 11.2 Å². The Hall–Kier alpha value is -1.41. The lowest BCUT2D eigenvalue weighted by Gasteiger charge is -2.00. The fourth-order valence-electron chi connectivity index (χ4n) is 0.609. The third-order valence-corrected chi connectivity index (χ3v) is 1.80. The summed E-state index contributed by atoms with van der Waals surface area (Å²) in [4.78, 5) is 4.40. The molecule has 0 aromatic carbocycles. The average molecular weight is 166 g/mol. The Morgan fingerprint density at radius 1 is 1.55 bits per heavy atom. The molecule has 0 aliphatic carbocycles. The summed E-state index contributed by atoms with van der Waals surface area (Å²) in [5, 5.41) is 10.2. The summed E-state index contributed by atoms with van der Waals surface area (Å²) in [6.07, 6.45) is 1.52. The summed E-state index contributed by atoms with van der Waals surface area (Å²) in [6, 6.07) is 1.65. The van der Waals surface area contributed by atoms with E-state index in [1.165, 1.54) is 6.20 Å². The van der Waals surface area contributed by atoms with Crippen LogP contribution in [0.5, 0.6) is 0 Å². The number of thioether (sulfide) groups is 1. The van der Waals surface area contributed by atoms with E-state index in [0.29, 0.717) is 10.6 Å². The molecule has 0 spiro atoms. The first-order chi connectivity index (χ1) is 5.25. The van der Waals surface area contributed by atoms with Gasteiger partial charge in [0.2, 0.25) is 0 Å². The van der Waals surface area contributed by atoms with E-state index in [2.05, 4.69) is 4.98 Å². The van der Waals surface area contributed by atoms with Crippen molar-refractivity contribution in [3.63, 3.8) is 0 Å². The lowest BCUT2D eigenvalue weighted by Crippen LogP contribution is -1.98. The molecule has 4 N–H and O–H groups in total. The van der Waals surface area contributed by atoms with Crippen molar-refractivity contribution in [2.24, 2.45) is 0 Å². The molecule has 1 aromatic heterocycles. The fraction of sp³-hybridized carbons (Fsp3) is 0. The molecular formula is C6H6N4S. The number of rotatable bonds is 1. The van der Waals surface area contributed by atoms with Crippen LogP contribution in [-0.2, 0) is 0 Å². The van der Waals surface area contributed by atoms with Crippen LogP contribution in [0.4, 0.5) is 11.5 Å². The van der Waals surface area contributed by atoms with Crippen molar-refractivity contribution in [2.75, 3.05) is 11.5 Å². The van der Waals surface area contributed by atoms with Crippen LogP contribution >= 0.6 is 11.8 Å². The number of nitrogens with two attached hydrogens (primary N) is 2. The van der Waals surface area contributed by atoms with Crippen LogP contribution in [0.1, 0.15) is 0 Å². The summed E-state index contributed by atoms with van der Waals surface area (Å²) in [7, 11) is 0. The molecule has 5 heteroatoms. The highest BCUT2D eigenvalue weighted by Crippen LogP contribution is 2.26. The zero-order chi connectivity index (χ0) is 8.27. The maximum Gasteiger partial charge on any atom is 0.147 e. The Balaban J connectivity index is 3.08. The maximum absolute atomic E-state index is 8.33. The van der Waals surface area contributed by atoms with E-state index in [1.54, 1.807) is 6.07 Å². The van der Waals surface area contributed by atoms with Crippen molar-refractivity contribution in [1.82, 2.24) is 4.98 Å². The highest BCUT2D eigenvalue weighted by molar-refractivity contribution is 8.03. The van der Waals surface area contributed by atoms with Gasteiger partial charge in [0.05, 0.1) is 10.6 Å². The molecule has 0 atom stereocenters. The lowest BCUT2D eigenvalue weighted by molar-refractivity contribution is 1.28. The number of thiocyanates is 1. The maximum atomic E-state index is 8.33. The molecule has 0 saturated carbocycles. The number of aromatic nitrogens is 1. The molecule has 0 bridgehead atoms. The third-order valence-electron chi connectivity index (χ3n) is 1.14. The van der Waals surface area contributed by atoms with E-state index in [9.17, 15) is 0 Å². The van der Waals surface area contributed by atoms with Gasteiger partial charge < -0.3 is 11.5 Å². The quantitative estimate of drug-likeness (QED) is 0.476. The fourth-order valence-corrected chi connectivity index (χ4v) is 1.05. The van der Waals surface area contributed by atoms with Crippen LogP contribution in [0.25, 0.3) is 0 Å². The van der Waals surface area contributed by atoms with Crippen molar-refractivity contribution < 1.29 is 0 Å². The van der Waals surface area contributed by atoms with Crippen LogP contribution in [-0.4, -0.2) is 4.98 Å². The Kier molecular flexibility index (Phi) is 2.18. The van der Waals surface area contributed by atoms with Crippen LogP contribution in [0.2, 0.25) is 0 Å². The predicted molar refractivity (Wildman–Crippen MR) is 44.5 cm³/mol. The molecular weight excluding hydrogens is 160 g/mol.